The Morgan fingerprint density at radius 1 is 1.39 bits per heavy atom. The predicted molar refractivity (Wildman–Crippen MR) is 70.6 cm³/mol. The van der Waals surface area contributed by atoms with E-state index in [1.807, 2.05) is 0 Å². The van der Waals surface area contributed by atoms with E-state index in [9.17, 15) is 9.59 Å². The smallest absolute Gasteiger partial charge is 0.220 e. The van der Waals surface area contributed by atoms with E-state index in [1.54, 1.807) is 6.92 Å². The van der Waals surface area contributed by atoms with E-state index in [1.165, 1.54) is 12.8 Å². The fourth-order valence-corrected chi connectivity index (χ4v) is 2.63. The zero-order valence-electron chi connectivity index (χ0n) is 11.2. The van der Waals surface area contributed by atoms with Gasteiger partial charge in [-0.3, -0.25) is 9.59 Å². The highest BCUT2D eigenvalue weighted by Crippen LogP contribution is 2.26. The molecule has 1 rings (SSSR count). The first kappa shape index (κ1) is 15.0. The average molecular weight is 255 g/mol. The van der Waals surface area contributed by atoms with Crippen molar-refractivity contribution < 1.29 is 9.59 Å². The third kappa shape index (κ3) is 6.00. The molecule has 3 atom stereocenters. The Labute approximate surface area is 109 Å². The van der Waals surface area contributed by atoms with E-state index < -0.39 is 0 Å². The Morgan fingerprint density at radius 2 is 2.11 bits per heavy atom. The standard InChI is InChI=1S/C13H25N3O2/c1-9(7-12(15)17)16-13(18)6-5-10-3-2-4-11(14)8-10/h9-11H,2-8,14H2,1H3,(H2,15,17)(H,16,18). The van der Waals surface area contributed by atoms with Crippen LogP contribution in [0.2, 0.25) is 0 Å². The molecule has 0 spiro atoms. The van der Waals surface area contributed by atoms with Gasteiger partial charge in [0.15, 0.2) is 0 Å². The van der Waals surface area contributed by atoms with Crippen LogP contribution < -0.4 is 16.8 Å². The van der Waals surface area contributed by atoms with E-state index in [0.29, 0.717) is 18.4 Å². The van der Waals surface area contributed by atoms with Crippen LogP contribution in [0.4, 0.5) is 0 Å². The number of hydrogen-bond acceptors (Lipinski definition) is 3. The highest BCUT2D eigenvalue weighted by molar-refractivity contribution is 5.78. The molecule has 0 heterocycles. The van der Waals surface area contributed by atoms with E-state index in [0.717, 1.165) is 19.3 Å². The number of nitrogens with two attached hydrogens (primary N) is 2. The van der Waals surface area contributed by atoms with Crippen LogP contribution in [-0.4, -0.2) is 23.9 Å². The molecule has 5 N–H and O–H groups in total. The topological polar surface area (TPSA) is 98.2 Å². The second-order valence-corrected chi connectivity index (χ2v) is 5.47. The summed E-state index contributed by atoms with van der Waals surface area (Å²) >= 11 is 0. The maximum Gasteiger partial charge on any atom is 0.220 e. The van der Waals surface area contributed by atoms with Gasteiger partial charge >= 0.3 is 0 Å². The van der Waals surface area contributed by atoms with Crippen molar-refractivity contribution in [1.29, 1.82) is 0 Å². The Kier molecular flexibility index (Phi) is 6.12. The van der Waals surface area contributed by atoms with Crippen molar-refractivity contribution in [2.24, 2.45) is 17.4 Å². The number of nitrogens with one attached hydrogen (secondary N) is 1. The monoisotopic (exact) mass is 255 g/mol. The molecule has 0 aromatic carbocycles. The minimum Gasteiger partial charge on any atom is -0.370 e. The molecule has 0 bridgehead atoms. The highest BCUT2D eigenvalue weighted by Gasteiger charge is 2.20. The molecule has 0 aromatic rings. The van der Waals surface area contributed by atoms with Gasteiger partial charge in [0.2, 0.25) is 11.8 Å². The molecule has 0 saturated heterocycles. The molecule has 2 amide bonds. The van der Waals surface area contributed by atoms with Crippen molar-refractivity contribution in [3.05, 3.63) is 0 Å². The van der Waals surface area contributed by atoms with Crippen molar-refractivity contribution >= 4 is 11.8 Å². The maximum absolute atomic E-state index is 11.7. The summed E-state index contributed by atoms with van der Waals surface area (Å²) in [6.07, 6.45) is 6.09. The van der Waals surface area contributed by atoms with Crippen LogP contribution in [0.3, 0.4) is 0 Å². The van der Waals surface area contributed by atoms with Crippen LogP contribution in [0.25, 0.3) is 0 Å². The Hall–Kier alpha value is -1.10. The van der Waals surface area contributed by atoms with Gasteiger partial charge in [-0.2, -0.15) is 0 Å². The Morgan fingerprint density at radius 3 is 2.72 bits per heavy atom. The molecule has 0 aliphatic heterocycles. The second-order valence-electron chi connectivity index (χ2n) is 5.47. The second kappa shape index (κ2) is 7.36. The third-order valence-corrected chi connectivity index (χ3v) is 3.52. The van der Waals surface area contributed by atoms with Crippen LogP contribution in [0, 0.1) is 5.92 Å². The minimum absolute atomic E-state index is 0.00268. The van der Waals surface area contributed by atoms with Crippen LogP contribution in [0.1, 0.15) is 51.9 Å². The van der Waals surface area contributed by atoms with Gasteiger partial charge < -0.3 is 16.8 Å². The minimum atomic E-state index is -0.388. The normalized spacial score (nSPS) is 25.4. The lowest BCUT2D eigenvalue weighted by Gasteiger charge is -2.26. The summed E-state index contributed by atoms with van der Waals surface area (Å²) in [6, 6.07) is 0.129. The van der Waals surface area contributed by atoms with E-state index in [4.69, 9.17) is 11.5 Å². The number of amides is 2. The summed E-state index contributed by atoms with van der Waals surface area (Å²) in [6.45, 7) is 1.79. The fourth-order valence-electron chi connectivity index (χ4n) is 2.63. The van der Waals surface area contributed by atoms with Gasteiger partial charge in [-0.25, -0.2) is 0 Å². The lowest BCUT2D eigenvalue weighted by molar-refractivity contribution is -0.122. The number of primary amides is 1. The van der Waals surface area contributed by atoms with E-state index >= 15 is 0 Å². The maximum atomic E-state index is 11.7. The summed E-state index contributed by atoms with van der Waals surface area (Å²) in [4.78, 5) is 22.4. The van der Waals surface area contributed by atoms with Crippen molar-refractivity contribution in [3.8, 4) is 0 Å². The highest BCUT2D eigenvalue weighted by atomic mass is 16.2. The zero-order chi connectivity index (χ0) is 13.5. The first-order valence-electron chi connectivity index (χ1n) is 6.80. The van der Waals surface area contributed by atoms with Crippen LogP contribution in [-0.2, 0) is 9.59 Å². The van der Waals surface area contributed by atoms with E-state index in [2.05, 4.69) is 5.32 Å². The predicted octanol–water partition coefficient (Wildman–Crippen LogP) is 0.664. The molecular weight excluding hydrogens is 230 g/mol. The van der Waals surface area contributed by atoms with Gasteiger partial charge in [-0.1, -0.05) is 12.8 Å². The van der Waals surface area contributed by atoms with Crippen LogP contribution in [0.5, 0.6) is 0 Å². The third-order valence-electron chi connectivity index (χ3n) is 3.52. The summed E-state index contributed by atoms with van der Waals surface area (Å²) < 4.78 is 0. The van der Waals surface area contributed by atoms with Gasteiger partial charge in [0.25, 0.3) is 0 Å². The Balaban J connectivity index is 2.18. The van der Waals surface area contributed by atoms with Crippen molar-refractivity contribution in [3.63, 3.8) is 0 Å². The van der Waals surface area contributed by atoms with E-state index in [-0.39, 0.29) is 24.3 Å². The van der Waals surface area contributed by atoms with Gasteiger partial charge in [-0.05, 0) is 32.1 Å². The number of carbonyl (C=O) groups is 2. The molecule has 104 valence electrons. The summed E-state index contributed by atoms with van der Waals surface area (Å²) in [7, 11) is 0. The average Bonchev–Trinajstić information content (AvgIpc) is 2.25. The first-order valence-corrected chi connectivity index (χ1v) is 6.80. The first-order chi connectivity index (χ1) is 8.47. The van der Waals surface area contributed by atoms with Crippen LogP contribution in [0.15, 0.2) is 0 Å². The van der Waals surface area contributed by atoms with Crippen molar-refractivity contribution in [1.82, 2.24) is 5.32 Å². The molecule has 1 aliphatic carbocycles. The molecule has 5 nitrogen and oxygen atoms in total. The zero-order valence-corrected chi connectivity index (χ0v) is 11.2. The van der Waals surface area contributed by atoms with Gasteiger partial charge in [0.05, 0.1) is 0 Å². The van der Waals surface area contributed by atoms with Gasteiger partial charge in [0, 0.05) is 24.9 Å². The fraction of sp³-hybridized carbons (Fsp3) is 0.846. The lowest BCUT2D eigenvalue weighted by atomic mass is 9.83. The SMILES string of the molecule is CC(CC(N)=O)NC(=O)CCC1CCCC(N)C1. The lowest BCUT2D eigenvalue weighted by Crippen LogP contribution is -2.36. The Bertz CT molecular complexity index is 294. The summed E-state index contributed by atoms with van der Waals surface area (Å²) in [5.74, 6) is 0.190. The summed E-state index contributed by atoms with van der Waals surface area (Å²) in [5, 5.41) is 2.79. The molecule has 5 heteroatoms. The molecule has 0 aromatic heterocycles. The summed E-state index contributed by atoms with van der Waals surface area (Å²) in [5.41, 5.74) is 11.0. The quantitative estimate of drug-likeness (QED) is 0.650. The van der Waals surface area contributed by atoms with Crippen LogP contribution >= 0.6 is 0 Å². The molecule has 1 saturated carbocycles. The van der Waals surface area contributed by atoms with Crippen molar-refractivity contribution in [2.75, 3.05) is 0 Å². The molecule has 1 aliphatic rings. The van der Waals surface area contributed by atoms with Gasteiger partial charge in [-0.15, -0.1) is 0 Å². The largest absolute Gasteiger partial charge is 0.370 e. The van der Waals surface area contributed by atoms with Crippen molar-refractivity contribution in [2.45, 2.75) is 64.0 Å². The number of rotatable bonds is 6. The molecule has 1 fully saturated rings. The molecular formula is C13H25N3O2. The number of hydrogen-bond donors (Lipinski definition) is 3. The molecule has 18 heavy (non-hydrogen) atoms. The van der Waals surface area contributed by atoms with Gasteiger partial charge in [0.1, 0.15) is 0 Å². The number of carbonyl (C=O) groups excluding carboxylic acids is 2. The molecule has 0 radical (unpaired) electrons. The molecule has 3 unspecified atom stereocenters.